The zero-order valence-corrected chi connectivity index (χ0v) is 19.3. The molecule has 0 aliphatic carbocycles. The molecule has 1 fully saturated rings. The highest BCUT2D eigenvalue weighted by Crippen LogP contribution is 2.27. The minimum Gasteiger partial charge on any atom is -0.383 e. The van der Waals surface area contributed by atoms with Gasteiger partial charge in [-0.3, -0.25) is 9.88 Å². The van der Waals surface area contributed by atoms with Gasteiger partial charge in [-0.05, 0) is 37.7 Å². The summed E-state index contributed by atoms with van der Waals surface area (Å²) in [5.41, 5.74) is 3.43. The van der Waals surface area contributed by atoms with Gasteiger partial charge in [-0.15, -0.1) is 0 Å². The number of ether oxygens (including phenoxy) is 1. The predicted molar refractivity (Wildman–Crippen MR) is 127 cm³/mol. The second-order valence-electron chi connectivity index (χ2n) is 8.20. The molecule has 10 heteroatoms. The third-order valence-electron chi connectivity index (χ3n) is 5.56. The molecule has 0 saturated carbocycles. The van der Waals surface area contributed by atoms with Crippen LogP contribution < -0.4 is 10.2 Å². The van der Waals surface area contributed by atoms with Crippen molar-refractivity contribution in [1.29, 1.82) is 5.26 Å². The molecule has 3 aromatic rings. The van der Waals surface area contributed by atoms with Crippen molar-refractivity contribution in [2.75, 3.05) is 50.6 Å². The molecule has 1 aliphatic rings. The van der Waals surface area contributed by atoms with E-state index in [-0.39, 0.29) is 6.54 Å². The average molecular weight is 463 g/mol. The van der Waals surface area contributed by atoms with Crippen LogP contribution in [0.3, 0.4) is 0 Å². The van der Waals surface area contributed by atoms with Crippen molar-refractivity contribution < 1.29 is 9.13 Å². The van der Waals surface area contributed by atoms with E-state index >= 15 is 0 Å². The molecule has 9 nitrogen and oxygen atoms in total. The summed E-state index contributed by atoms with van der Waals surface area (Å²) in [6.07, 6.45) is 4.61. The Balaban J connectivity index is 1.45. The van der Waals surface area contributed by atoms with Gasteiger partial charge in [0.2, 0.25) is 5.95 Å². The molecule has 3 aromatic heterocycles. The summed E-state index contributed by atoms with van der Waals surface area (Å²) in [6, 6.07) is 9.56. The number of likely N-dealkylation sites (N-methyl/N-ethyl adjacent to an activating group) is 1. The quantitative estimate of drug-likeness (QED) is 0.513. The molecule has 34 heavy (non-hydrogen) atoms. The topological polar surface area (TPSA) is 103 Å². The Labute approximate surface area is 198 Å². The van der Waals surface area contributed by atoms with Gasteiger partial charge < -0.3 is 15.0 Å². The van der Waals surface area contributed by atoms with Gasteiger partial charge in [0.05, 0.1) is 42.0 Å². The van der Waals surface area contributed by atoms with Crippen LogP contribution in [-0.2, 0) is 11.3 Å². The molecule has 176 valence electrons. The molecule has 1 saturated heterocycles. The molecule has 0 amide bonds. The Bertz CT molecular complexity index is 1150. The van der Waals surface area contributed by atoms with Crippen LogP contribution >= 0.6 is 0 Å². The molecule has 0 spiro atoms. The number of alkyl halides is 1. The van der Waals surface area contributed by atoms with Gasteiger partial charge in [-0.25, -0.2) is 19.3 Å². The highest BCUT2D eigenvalue weighted by Gasteiger charge is 2.25. The lowest BCUT2D eigenvalue weighted by Gasteiger charge is -2.18. The second kappa shape index (κ2) is 11.0. The van der Waals surface area contributed by atoms with Gasteiger partial charge in [0, 0.05) is 44.7 Å². The van der Waals surface area contributed by atoms with E-state index in [1.54, 1.807) is 37.8 Å². The van der Waals surface area contributed by atoms with Crippen LogP contribution in [0.4, 0.5) is 21.8 Å². The largest absolute Gasteiger partial charge is 0.383 e. The summed E-state index contributed by atoms with van der Waals surface area (Å²) in [6.45, 7) is 3.05. The number of nitrogens with one attached hydrogen (secondary N) is 1. The Morgan fingerprint density at radius 2 is 2.15 bits per heavy atom. The second-order valence-corrected chi connectivity index (χ2v) is 8.20. The number of nitrogens with zero attached hydrogens (tertiary/aromatic N) is 7. The molecular formula is C24H27FN8O. The Morgan fingerprint density at radius 1 is 1.26 bits per heavy atom. The van der Waals surface area contributed by atoms with Crippen molar-refractivity contribution in [2.24, 2.45) is 0 Å². The fraction of sp³-hybridized carbons (Fsp3) is 0.375. The minimum atomic E-state index is -0.886. The van der Waals surface area contributed by atoms with E-state index in [1.807, 2.05) is 24.1 Å². The number of anilines is 3. The van der Waals surface area contributed by atoms with E-state index in [0.717, 1.165) is 24.5 Å². The fourth-order valence-corrected chi connectivity index (χ4v) is 3.75. The Hall–Kier alpha value is -3.68. The lowest BCUT2D eigenvalue weighted by atomic mass is 10.1. The van der Waals surface area contributed by atoms with Gasteiger partial charge in [0.15, 0.2) is 0 Å². The van der Waals surface area contributed by atoms with Gasteiger partial charge in [-0.2, -0.15) is 5.26 Å². The summed E-state index contributed by atoms with van der Waals surface area (Å²) >= 11 is 0. The maximum atomic E-state index is 13.6. The summed E-state index contributed by atoms with van der Waals surface area (Å²) in [5.74, 6) is 0.921. The zero-order valence-electron chi connectivity index (χ0n) is 19.3. The lowest BCUT2D eigenvalue weighted by Crippen LogP contribution is -2.22. The maximum absolute atomic E-state index is 13.6. The monoisotopic (exact) mass is 462 g/mol. The van der Waals surface area contributed by atoms with E-state index in [0.29, 0.717) is 48.2 Å². The highest BCUT2D eigenvalue weighted by molar-refractivity contribution is 5.67. The summed E-state index contributed by atoms with van der Waals surface area (Å²) in [4.78, 5) is 21.7. The van der Waals surface area contributed by atoms with Crippen LogP contribution in [0.1, 0.15) is 17.7 Å². The first kappa shape index (κ1) is 23.5. The fourth-order valence-electron chi connectivity index (χ4n) is 3.75. The number of pyridine rings is 2. The first-order chi connectivity index (χ1) is 16.6. The van der Waals surface area contributed by atoms with Crippen molar-refractivity contribution in [3.05, 3.63) is 54.1 Å². The Kier molecular flexibility index (Phi) is 7.57. The van der Waals surface area contributed by atoms with Gasteiger partial charge in [0.25, 0.3) is 0 Å². The van der Waals surface area contributed by atoms with Crippen molar-refractivity contribution in [2.45, 2.75) is 19.1 Å². The van der Waals surface area contributed by atoms with Crippen molar-refractivity contribution in [3.63, 3.8) is 0 Å². The van der Waals surface area contributed by atoms with E-state index in [2.05, 4.69) is 36.2 Å². The lowest BCUT2D eigenvalue weighted by molar-refractivity contribution is 0.158. The number of hydrogen-bond acceptors (Lipinski definition) is 9. The SMILES string of the molecule is COCCN(C)Cc1ccc(Nc2nccc(-c3cnc(N4CC[C@H](F)C4)c(C#N)c3)n2)cn1. The van der Waals surface area contributed by atoms with Gasteiger partial charge >= 0.3 is 0 Å². The summed E-state index contributed by atoms with van der Waals surface area (Å²) < 4.78 is 18.7. The number of methoxy groups -OCH3 is 1. The third kappa shape index (κ3) is 5.81. The van der Waals surface area contributed by atoms with Crippen LogP contribution in [0.2, 0.25) is 0 Å². The van der Waals surface area contributed by atoms with Crippen LogP contribution in [-0.4, -0.2) is 71.4 Å². The molecule has 1 N–H and O–H groups in total. The van der Waals surface area contributed by atoms with Gasteiger partial charge in [0.1, 0.15) is 18.1 Å². The molecular weight excluding hydrogens is 435 g/mol. The average Bonchev–Trinajstić information content (AvgIpc) is 3.29. The molecule has 1 aliphatic heterocycles. The number of nitriles is 1. The van der Waals surface area contributed by atoms with Crippen LogP contribution in [0.5, 0.6) is 0 Å². The van der Waals surface area contributed by atoms with E-state index in [9.17, 15) is 9.65 Å². The number of halogens is 1. The molecule has 4 rings (SSSR count). The highest BCUT2D eigenvalue weighted by atomic mass is 19.1. The van der Waals surface area contributed by atoms with E-state index < -0.39 is 6.17 Å². The third-order valence-corrected chi connectivity index (χ3v) is 5.56. The normalized spacial score (nSPS) is 15.5. The van der Waals surface area contributed by atoms with Crippen molar-refractivity contribution in [1.82, 2.24) is 24.8 Å². The first-order valence-electron chi connectivity index (χ1n) is 11.1. The molecule has 4 heterocycles. The molecule has 0 bridgehead atoms. The number of hydrogen-bond donors (Lipinski definition) is 1. The van der Waals surface area contributed by atoms with Crippen molar-refractivity contribution >= 4 is 17.5 Å². The van der Waals surface area contributed by atoms with Crippen LogP contribution in [0, 0.1) is 11.3 Å². The number of rotatable bonds is 9. The van der Waals surface area contributed by atoms with Crippen molar-refractivity contribution in [3.8, 4) is 17.3 Å². The Morgan fingerprint density at radius 3 is 2.85 bits per heavy atom. The van der Waals surface area contributed by atoms with E-state index in [1.165, 1.54) is 0 Å². The van der Waals surface area contributed by atoms with Crippen LogP contribution in [0.15, 0.2) is 42.9 Å². The molecule has 1 atom stereocenters. The van der Waals surface area contributed by atoms with E-state index in [4.69, 9.17) is 4.74 Å². The molecule has 0 aromatic carbocycles. The molecule has 0 unspecified atom stereocenters. The zero-order chi connectivity index (χ0) is 23.9. The first-order valence-corrected chi connectivity index (χ1v) is 11.1. The van der Waals surface area contributed by atoms with Crippen LogP contribution in [0.25, 0.3) is 11.3 Å². The molecule has 0 radical (unpaired) electrons. The number of aromatic nitrogens is 4. The standard InChI is InChI=1S/C24H27FN8O/c1-32(9-10-34-2)16-21-4-3-20(14-28-21)30-24-27-7-5-22(31-24)18-11-17(12-26)23(29-13-18)33-8-6-19(25)15-33/h3-5,7,11,13-14,19H,6,8-10,15-16H2,1-2H3,(H,27,30,31)/t19-/m0/s1. The summed E-state index contributed by atoms with van der Waals surface area (Å²) in [7, 11) is 3.71. The van der Waals surface area contributed by atoms with Gasteiger partial charge in [-0.1, -0.05) is 0 Å². The smallest absolute Gasteiger partial charge is 0.227 e. The maximum Gasteiger partial charge on any atom is 0.227 e. The predicted octanol–water partition coefficient (Wildman–Crippen LogP) is 3.18. The minimum absolute atomic E-state index is 0.263. The summed E-state index contributed by atoms with van der Waals surface area (Å²) in [5, 5.41) is 12.8.